The molecule has 0 saturated heterocycles. The zero-order chi connectivity index (χ0) is 16.5. The lowest BCUT2D eigenvalue weighted by Gasteiger charge is -2.14. The minimum absolute atomic E-state index is 0.213. The fourth-order valence-corrected chi connectivity index (χ4v) is 4.09. The molecule has 1 aliphatic carbocycles. The van der Waals surface area contributed by atoms with E-state index in [9.17, 15) is 10.1 Å². The standard InChI is InChI=1S/C18H16N4OS/c19-9-13(11-4-2-1-3-5-11)17-20-16(10-24-17)12-6-7-14-15(8-12)22-18(23)21-14/h6-8,10H,1-5H2,(H2,21,22,23). The summed E-state index contributed by atoms with van der Waals surface area (Å²) in [5, 5.41) is 12.3. The van der Waals surface area contributed by atoms with E-state index >= 15 is 0 Å². The average molecular weight is 336 g/mol. The Morgan fingerprint density at radius 3 is 2.75 bits per heavy atom. The molecule has 0 radical (unpaired) electrons. The maximum absolute atomic E-state index is 11.4. The molecule has 1 aromatic carbocycles. The summed E-state index contributed by atoms with van der Waals surface area (Å²) in [7, 11) is 0. The highest BCUT2D eigenvalue weighted by atomic mass is 32.1. The van der Waals surface area contributed by atoms with Crippen LogP contribution in [0, 0.1) is 11.3 Å². The zero-order valence-electron chi connectivity index (χ0n) is 13.1. The summed E-state index contributed by atoms with van der Waals surface area (Å²) >= 11 is 1.51. The van der Waals surface area contributed by atoms with Gasteiger partial charge in [-0.2, -0.15) is 5.26 Å². The van der Waals surface area contributed by atoms with E-state index in [0.717, 1.165) is 58.6 Å². The number of benzene rings is 1. The number of nitrogens with one attached hydrogen (secondary N) is 2. The molecule has 0 bridgehead atoms. The molecule has 2 aromatic heterocycles. The molecule has 120 valence electrons. The number of rotatable bonds is 2. The van der Waals surface area contributed by atoms with Gasteiger partial charge in [0.15, 0.2) is 0 Å². The van der Waals surface area contributed by atoms with Crippen molar-refractivity contribution >= 4 is 27.9 Å². The summed E-state index contributed by atoms with van der Waals surface area (Å²) in [6.07, 6.45) is 5.59. The lowest BCUT2D eigenvalue weighted by atomic mass is 9.91. The van der Waals surface area contributed by atoms with Crippen molar-refractivity contribution in [2.45, 2.75) is 32.1 Å². The van der Waals surface area contributed by atoms with Gasteiger partial charge in [0.2, 0.25) is 0 Å². The van der Waals surface area contributed by atoms with Crippen LogP contribution in [-0.4, -0.2) is 15.0 Å². The smallest absolute Gasteiger partial charge is 0.306 e. The van der Waals surface area contributed by atoms with Crippen LogP contribution in [-0.2, 0) is 0 Å². The number of aromatic amines is 2. The van der Waals surface area contributed by atoms with Crippen LogP contribution in [0.25, 0.3) is 27.9 Å². The van der Waals surface area contributed by atoms with E-state index in [1.165, 1.54) is 23.3 Å². The second-order valence-electron chi connectivity index (χ2n) is 6.03. The molecule has 2 heterocycles. The van der Waals surface area contributed by atoms with Gasteiger partial charge in [-0.25, -0.2) is 9.78 Å². The fraction of sp³-hybridized carbons (Fsp3) is 0.278. The Kier molecular flexibility index (Phi) is 3.79. The van der Waals surface area contributed by atoms with E-state index in [1.54, 1.807) is 0 Å². The van der Waals surface area contributed by atoms with E-state index in [0.29, 0.717) is 0 Å². The predicted molar refractivity (Wildman–Crippen MR) is 95.6 cm³/mol. The molecule has 0 unspecified atom stereocenters. The van der Waals surface area contributed by atoms with Crippen LogP contribution in [0.3, 0.4) is 0 Å². The zero-order valence-corrected chi connectivity index (χ0v) is 13.9. The van der Waals surface area contributed by atoms with Crippen molar-refractivity contribution in [1.82, 2.24) is 15.0 Å². The van der Waals surface area contributed by atoms with Crippen molar-refractivity contribution in [3.05, 3.63) is 44.6 Å². The van der Waals surface area contributed by atoms with E-state index in [-0.39, 0.29) is 5.69 Å². The summed E-state index contributed by atoms with van der Waals surface area (Å²) in [5.74, 6) is 0. The second kappa shape index (κ2) is 6.10. The van der Waals surface area contributed by atoms with Crippen molar-refractivity contribution in [3.63, 3.8) is 0 Å². The number of nitrogens with zero attached hydrogens (tertiary/aromatic N) is 2. The Labute approximate surface area is 142 Å². The first-order chi connectivity index (χ1) is 11.7. The van der Waals surface area contributed by atoms with Crippen LogP contribution < -0.4 is 5.69 Å². The molecule has 2 N–H and O–H groups in total. The Morgan fingerprint density at radius 2 is 1.96 bits per heavy atom. The molecule has 0 amide bonds. The third-order valence-electron chi connectivity index (χ3n) is 4.45. The largest absolute Gasteiger partial charge is 0.323 e. The lowest BCUT2D eigenvalue weighted by Crippen LogP contribution is -1.99. The molecule has 5 nitrogen and oxygen atoms in total. The molecule has 0 aliphatic heterocycles. The highest BCUT2D eigenvalue weighted by molar-refractivity contribution is 7.11. The van der Waals surface area contributed by atoms with Crippen molar-refractivity contribution in [1.29, 1.82) is 5.26 Å². The van der Waals surface area contributed by atoms with Gasteiger partial charge >= 0.3 is 5.69 Å². The van der Waals surface area contributed by atoms with Gasteiger partial charge in [0, 0.05) is 10.9 Å². The monoisotopic (exact) mass is 336 g/mol. The summed E-state index contributed by atoms with van der Waals surface area (Å²) in [6, 6.07) is 8.07. The van der Waals surface area contributed by atoms with Crippen LogP contribution in [0.5, 0.6) is 0 Å². The number of aromatic nitrogens is 3. The van der Waals surface area contributed by atoms with Gasteiger partial charge in [-0.05, 0) is 43.4 Å². The fourth-order valence-electron chi connectivity index (χ4n) is 3.22. The summed E-state index contributed by atoms with van der Waals surface area (Å²) < 4.78 is 0. The number of thiazole rings is 1. The Balaban J connectivity index is 1.73. The van der Waals surface area contributed by atoms with Gasteiger partial charge < -0.3 is 9.97 Å². The number of nitriles is 1. The summed E-state index contributed by atoms with van der Waals surface area (Å²) in [5.41, 5.74) is 5.10. The van der Waals surface area contributed by atoms with E-state index in [2.05, 4.69) is 21.0 Å². The highest BCUT2D eigenvalue weighted by Crippen LogP contribution is 2.33. The quantitative estimate of drug-likeness (QED) is 0.687. The van der Waals surface area contributed by atoms with Crippen LogP contribution in [0.2, 0.25) is 0 Å². The Bertz CT molecular complexity index is 1020. The Hall–Kier alpha value is -2.65. The summed E-state index contributed by atoms with van der Waals surface area (Å²) in [6.45, 7) is 0. The molecule has 4 rings (SSSR count). The molecular formula is C18H16N4OS. The van der Waals surface area contributed by atoms with Crippen LogP contribution in [0.1, 0.15) is 37.1 Å². The number of hydrogen-bond donors (Lipinski definition) is 2. The van der Waals surface area contributed by atoms with Crippen molar-refractivity contribution in [3.8, 4) is 17.3 Å². The second-order valence-corrected chi connectivity index (χ2v) is 6.89. The van der Waals surface area contributed by atoms with Crippen molar-refractivity contribution in [2.75, 3.05) is 0 Å². The highest BCUT2D eigenvalue weighted by Gasteiger charge is 2.16. The molecule has 0 atom stereocenters. The number of fused-ring (bicyclic) bond motifs is 1. The molecule has 1 saturated carbocycles. The minimum atomic E-state index is -0.213. The van der Waals surface area contributed by atoms with Crippen molar-refractivity contribution < 1.29 is 0 Å². The maximum Gasteiger partial charge on any atom is 0.323 e. The van der Waals surface area contributed by atoms with E-state index < -0.39 is 0 Å². The van der Waals surface area contributed by atoms with Crippen LogP contribution in [0.15, 0.2) is 33.9 Å². The molecule has 24 heavy (non-hydrogen) atoms. The Morgan fingerprint density at radius 1 is 1.17 bits per heavy atom. The van der Waals surface area contributed by atoms with Gasteiger partial charge in [0.25, 0.3) is 0 Å². The van der Waals surface area contributed by atoms with Gasteiger partial charge in [-0.1, -0.05) is 12.5 Å². The van der Waals surface area contributed by atoms with E-state index in [1.807, 2.05) is 23.6 Å². The van der Waals surface area contributed by atoms with Gasteiger partial charge in [-0.15, -0.1) is 11.3 Å². The average Bonchev–Trinajstić information content (AvgIpc) is 3.21. The summed E-state index contributed by atoms with van der Waals surface area (Å²) in [4.78, 5) is 21.6. The van der Waals surface area contributed by atoms with Crippen molar-refractivity contribution in [2.24, 2.45) is 0 Å². The SMILES string of the molecule is N#CC(=C1CCCCC1)c1nc(-c2ccc3[nH]c(=O)[nH]c3c2)cs1. The molecule has 1 fully saturated rings. The lowest BCUT2D eigenvalue weighted by molar-refractivity contribution is 0.601. The minimum Gasteiger partial charge on any atom is -0.306 e. The molecule has 0 spiro atoms. The third-order valence-corrected chi connectivity index (χ3v) is 5.31. The van der Waals surface area contributed by atoms with Gasteiger partial charge in [-0.3, -0.25) is 0 Å². The first-order valence-electron chi connectivity index (χ1n) is 8.05. The predicted octanol–water partition coefficient (Wildman–Crippen LogP) is 4.22. The normalized spacial score (nSPS) is 14.7. The topological polar surface area (TPSA) is 85.3 Å². The van der Waals surface area contributed by atoms with Gasteiger partial charge in [0.1, 0.15) is 11.1 Å². The molecule has 6 heteroatoms. The number of hydrogen-bond acceptors (Lipinski definition) is 4. The van der Waals surface area contributed by atoms with E-state index in [4.69, 9.17) is 0 Å². The first kappa shape index (κ1) is 14.9. The first-order valence-corrected chi connectivity index (χ1v) is 8.93. The molecule has 1 aliphatic rings. The number of allylic oxidation sites excluding steroid dienone is 2. The van der Waals surface area contributed by atoms with Gasteiger partial charge in [0.05, 0.1) is 22.3 Å². The molecule has 3 aromatic rings. The number of H-pyrrole nitrogens is 2. The number of imidazole rings is 1. The maximum atomic E-state index is 11.4. The van der Waals surface area contributed by atoms with Crippen LogP contribution >= 0.6 is 11.3 Å². The third kappa shape index (κ3) is 2.68. The van der Waals surface area contributed by atoms with Crippen LogP contribution in [0.4, 0.5) is 0 Å². The molecular weight excluding hydrogens is 320 g/mol.